The van der Waals surface area contributed by atoms with Crippen LogP contribution in [-0.2, 0) is 0 Å². The Morgan fingerprint density at radius 1 is 1.00 bits per heavy atom. The van der Waals surface area contributed by atoms with Gasteiger partial charge in [-0.2, -0.15) is 4.98 Å². The SMILES string of the molecule is CN1CCC(NC(=O)c2ccc(Nc3nc4cccc(-c5ccc(OC(F)(F)F)cc5)n4n3)cc2)CC1. The lowest BCUT2D eigenvalue weighted by Crippen LogP contribution is -2.43. The Hall–Kier alpha value is -4.12. The number of rotatable bonds is 6. The summed E-state index contributed by atoms with van der Waals surface area (Å²) in [6.45, 7) is 1.94. The number of carbonyl (C=O) groups excluding carboxylic acids is 1. The Labute approximate surface area is 211 Å². The number of fused-ring (bicyclic) bond motifs is 1. The Kier molecular flexibility index (Phi) is 6.70. The van der Waals surface area contributed by atoms with E-state index < -0.39 is 6.36 Å². The monoisotopic (exact) mass is 510 g/mol. The summed E-state index contributed by atoms with van der Waals surface area (Å²) >= 11 is 0. The van der Waals surface area contributed by atoms with Gasteiger partial charge in [0.2, 0.25) is 5.95 Å². The van der Waals surface area contributed by atoms with Crippen molar-refractivity contribution in [1.29, 1.82) is 0 Å². The maximum absolute atomic E-state index is 12.6. The summed E-state index contributed by atoms with van der Waals surface area (Å²) in [7, 11) is 2.08. The molecule has 3 heterocycles. The van der Waals surface area contributed by atoms with Crippen LogP contribution in [0.2, 0.25) is 0 Å². The number of aromatic nitrogens is 3. The van der Waals surface area contributed by atoms with Crippen molar-refractivity contribution in [3.05, 3.63) is 72.3 Å². The van der Waals surface area contributed by atoms with E-state index in [1.165, 1.54) is 24.3 Å². The summed E-state index contributed by atoms with van der Waals surface area (Å²) in [5.41, 5.74) is 3.15. The third kappa shape index (κ3) is 6.00. The van der Waals surface area contributed by atoms with Gasteiger partial charge in [-0.05, 0) is 93.6 Å². The zero-order valence-electron chi connectivity index (χ0n) is 20.0. The van der Waals surface area contributed by atoms with Gasteiger partial charge in [-0.15, -0.1) is 18.3 Å². The number of nitrogens with zero attached hydrogens (tertiary/aromatic N) is 4. The van der Waals surface area contributed by atoms with Crippen LogP contribution in [0.5, 0.6) is 5.75 Å². The summed E-state index contributed by atoms with van der Waals surface area (Å²) in [4.78, 5) is 19.3. The fraction of sp³-hybridized carbons (Fsp3) is 0.269. The highest BCUT2D eigenvalue weighted by atomic mass is 19.4. The first-order valence-corrected chi connectivity index (χ1v) is 11.8. The van der Waals surface area contributed by atoms with Crippen LogP contribution in [0.25, 0.3) is 16.9 Å². The van der Waals surface area contributed by atoms with Crippen molar-refractivity contribution in [3.63, 3.8) is 0 Å². The molecule has 0 unspecified atom stereocenters. The van der Waals surface area contributed by atoms with Crippen molar-refractivity contribution in [2.24, 2.45) is 0 Å². The van der Waals surface area contributed by atoms with Crippen LogP contribution in [0, 0.1) is 0 Å². The quantitative estimate of drug-likeness (QED) is 0.386. The van der Waals surface area contributed by atoms with E-state index in [1.54, 1.807) is 47.0 Å². The Morgan fingerprint density at radius 3 is 2.38 bits per heavy atom. The second-order valence-corrected chi connectivity index (χ2v) is 8.94. The number of alkyl halides is 3. The van der Waals surface area contributed by atoms with Gasteiger partial charge in [-0.25, -0.2) is 4.52 Å². The second-order valence-electron chi connectivity index (χ2n) is 8.94. The van der Waals surface area contributed by atoms with E-state index in [-0.39, 0.29) is 17.7 Å². The van der Waals surface area contributed by atoms with Gasteiger partial charge in [0.05, 0.1) is 5.69 Å². The topological polar surface area (TPSA) is 83.8 Å². The molecule has 0 spiro atoms. The fourth-order valence-electron chi connectivity index (χ4n) is 4.26. The Balaban J connectivity index is 1.28. The maximum atomic E-state index is 12.6. The molecular weight excluding hydrogens is 485 g/mol. The molecular formula is C26H25F3N6O2. The van der Waals surface area contributed by atoms with Crippen molar-refractivity contribution < 1.29 is 22.7 Å². The number of nitrogens with one attached hydrogen (secondary N) is 2. The summed E-state index contributed by atoms with van der Waals surface area (Å²) < 4.78 is 42.9. The number of likely N-dealkylation sites (tertiary alicyclic amines) is 1. The number of pyridine rings is 1. The third-order valence-corrected chi connectivity index (χ3v) is 6.20. The lowest BCUT2D eigenvalue weighted by molar-refractivity contribution is -0.274. The average Bonchev–Trinajstić information content (AvgIpc) is 3.28. The molecule has 1 aliphatic heterocycles. The highest BCUT2D eigenvalue weighted by molar-refractivity contribution is 5.94. The predicted molar refractivity (Wildman–Crippen MR) is 133 cm³/mol. The Morgan fingerprint density at radius 2 is 1.70 bits per heavy atom. The predicted octanol–water partition coefficient (Wildman–Crippen LogP) is 4.86. The molecule has 2 aromatic carbocycles. The molecule has 5 rings (SSSR count). The van der Waals surface area contributed by atoms with E-state index in [1.807, 2.05) is 0 Å². The number of piperidine rings is 1. The van der Waals surface area contributed by atoms with Gasteiger partial charge in [0.25, 0.3) is 5.91 Å². The number of ether oxygens (including phenoxy) is 1. The number of hydrogen-bond acceptors (Lipinski definition) is 6. The molecule has 0 bridgehead atoms. The number of halogens is 3. The highest BCUT2D eigenvalue weighted by Gasteiger charge is 2.31. The molecule has 1 fully saturated rings. The van der Waals surface area contributed by atoms with Gasteiger partial charge in [-0.3, -0.25) is 4.79 Å². The molecule has 0 aliphatic carbocycles. The zero-order chi connectivity index (χ0) is 26.0. The number of benzene rings is 2. The van der Waals surface area contributed by atoms with Crippen LogP contribution in [-0.4, -0.2) is 57.9 Å². The minimum absolute atomic E-state index is 0.0942. The van der Waals surface area contributed by atoms with Gasteiger partial charge < -0.3 is 20.3 Å². The van der Waals surface area contributed by atoms with Crippen molar-refractivity contribution >= 4 is 23.2 Å². The van der Waals surface area contributed by atoms with Crippen molar-refractivity contribution in [1.82, 2.24) is 24.8 Å². The molecule has 1 amide bonds. The number of amides is 1. The van der Waals surface area contributed by atoms with Crippen molar-refractivity contribution in [3.8, 4) is 17.0 Å². The van der Waals surface area contributed by atoms with Gasteiger partial charge in [0, 0.05) is 22.9 Å². The van der Waals surface area contributed by atoms with Crippen LogP contribution in [0.15, 0.2) is 66.7 Å². The first-order valence-electron chi connectivity index (χ1n) is 11.8. The summed E-state index contributed by atoms with van der Waals surface area (Å²) in [6, 6.07) is 18.2. The first kappa shape index (κ1) is 24.6. The van der Waals surface area contributed by atoms with Crippen LogP contribution in [0.4, 0.5) is 24.8 Å². The van der Waals surface area contributed by atoms with Crippen molar-refractivity contribution in [2.75, 3.05) is 25.5 Å². The molecule has 0 atom stereocenters. The van der Waals surface area contributed by atoms with E-state index in [0.29, 0.717) is 34.1 Å². The average molecular weight is 511 g/mol. The number of carbonyl (C=O) groups is 1. The summed E-state index contributed by atoms with van der Waals surface area (Å²) in [5, 5.41) is 10.7. The minimum Gasteiger partial charge on any atom is -0.406 e. The molecule has 0 saturated carbocycles. The summed E-state index contributed by atoms with van der Waals surface area (Å²) in [6.07, 6.45) is -2.87. The maximum Gasteiger partial charge on any atom is 0.573 e. The molecule has 4 aromatic rings. The molecule has 8 nitrogen and oxygen atoms in total. The van der Waals surface area contributed by atoms with E-state index >= 15 is 0 Å². The first-order chi connectivity index (χ1) is 17.7. The zero-order valence-corrected chi connectivity index (χ0v) is 20.0. The number of anilines is 2. The molecule has 1 saturated heterocycles. The second kappa shape index (κ2) is 10.1. The van der Waals surface area contributed by atoms with Crippen LogP contribution in [0.3, 0.4) is 0 Å². The van der Waals surface area contributed by atoms with Gasteiger partial charge in [-0.1, -0.05) is 6.07 Å². The van der Waals surface area contributed by atoms with Crippen LogP contribution < -0.4 is 15.4 Å². The molecule has 11 heteroatoms. The van der Waals surface area contributed by atoms with Crippen LogP contribution in [0.1, 0.15) is 23.2 Å². The van der Waals surface area contributed by atoms with E-state index in [9.17, 15) is 18.0 Å². The highest BCUT2D eigenvalue weighted by Crippen LogP contribution is 2.27. The van der Waals surface area contributed by atoms with Crippen molar-refractivity contribution in [2.45, 2.75) is 25.2 Å². The molecule has 2 aromatic heterocycles. The minimum atomic E-state index is -4.75. The molecule has 1 aliphatic rings. The van der Waals surface area contributed by atoms with Gasteiger partial charge in [0.15, 0.2) is 5.65 Å². The normalized spacial score (nSPS) is 15.0. The molecule has 192 valence electrons. The fourth-order valence-corrected chi connectivity index (χ4v) is 4.26. The lowest BCUT2D eigenvalue weighted by Gasteiger charge is -2.29. The molecule has 37 heavy (non-hydrogen) atoms. The van der Waals surface area contributed by atoms with Crippen LogP contribution >= 0.6 is 0 Å². The molecule has 2 N–H and O–H groups in total. The standard InChI is InChI=1S/C26H25F3N6O2/c1-34-15-13-20(14-16-34)30-24(36)18-5-9-19(10-6-18)31-25-32-23-4-2-3-22(35(23)33-25)17-7-11-21(12-8-17)37-26(27,28)29/h2-12,20H,13-16H2,1H3,(H,30,36)(H,31,33). The lowest BCUT2D eigenvalue weighted by atomic mass is 10.0. The molecule has 0 radical (unpaired) electrons. The van der Waals surface area contributed by atoms with E-state index in [0.717, 1.165) is 25.9 Å². The number of hydrogen-bond donors (Lipinski definition) is 2. The third-order valence-electron chi connectivity index (χ3n) is 6.20. The smallest absolute Gasteiger partial charge is 0.406 e. The van der Waals surface area contributed by atoms with E-state index in [2.05, 4.69) is 37.4 Å². The summed E-state index contributed by atoms with van der Waals surface area (Å²) in [5.74, 6) is -0.0518. The van der Waals surface area contributed by atoms with Gasteiger partial charge in [0.1, 0.15) is 5.75 Å². The largest absolute Gasteiger partial charge is 0.573 e. The van der Waals surface area contributed by atoms with E-state index in [4.69, 9.17) is 0 Å². The Bertz CT molecular complexity index is 1380. The van der Waals surface area contributed by atoms with Gasteiger partial charge >= 0.3 is 6.36 Å².